The monoisotopic (exact) mass is 188 g/mol. The van der Waals surface area contributed by atoms with E-state index in [0.29, 0.717) is 0 Å². The van der Waals surface area contributed by atoms with Crippen molar-refractivity contribution in [3.63, 3.8) is 0 Å². The maximum absolute atomic E-state index is 5.31. The molecule has 3 nitrogen and oxygen atoms in total. The van der Waals surface area contributed by atoms with E-state index in [1.807, 2.05) is 7.05 Å². The Labute approximate surface area is 82.2 Å². The fourth-order valence-electron chi connectivity index (χ4n) is 1.01. The highest BCUT2D eigenvalue weighted by molar-refractivity contribution is 4.68. The number of ether oxygens (including phenoxy) is 1. The van der Waals surface area contributed by atoms with E-state index in [-0.39, 0.29) is 5.60 Å². The fraction of sp³-hybridized carbons (Fsp3) is 1.00. The first-order valence-corrected chi connectivity index (χ1v) is 5.03. The zero-order valence-corrected chi connectivity index (χ0v) is 9.44. The summed E-state index contributed by atoms with van der Waals surface area (Å²) in [6.07, 6.45) is 2.24. The highest BCUT2D eigenvalue weighted by atomic mass is 16.5. The molecule has 0 aromatic carbocycles. The molecular formula is C10H24N2O. The largest absolute Gasteiger partial charge is 0.379 e. The van der Waals surface area contributed by atoms with E-state index in [1.54, 1.807) is 7.11 Å². The Balaban J connectivity index is 3.16. The summed E-state index contributed by atoms with van der Waals surface area (Å²) in [6.45, 7) is 7.43. The van der Waals surface area contributed by atoms with Crippen LogP contribution in [0.2, 0.25) is 0 Å². The smallest absolute Gasteiger partial charge is 0.0634 e. The minimum absolute atomic E-state index is 0.00993. The van der Waals surface area contributed by atoms with E-state index in [4.69, 9.17) is 4.74 Å². The van der Waals surface area contributed by atoms with Crippen molar-refractivity contribution in [1.82, 2.24) is 10.6 Å². The molecule has 0 bridgehead atoms. The summed E-state index contributed by atoms with van der Waals surface area (Å²) in [5.74, 6) is 0. The lowest BCUT2D eigenvalue weighted by Crippen LogP contribution is -2.30. The average Bonchev–Trinajstić information content (AvgIpc) is 2.11. The van der Waals surface area contributed by atoms with Gasteiger partial charge in [0.25, 0.3) is 0 Å². The third-order valence-corrected chi connectivity index (χ3v) is 2.24. The van der Waals surface area contributed by atoms with Crippen molar-refractivity contribution >= 4 is 0 Å². The Bertz CT molecular complexity index is 115. The molecule has 13 heavy (non-hydrogen) atoms. The van der Waals surface area contributed by atoms with E-state index in [0.717, 1.165) is 26.1 Å². The second kappa shape index (κ2) is 7.30. The molecule has 80 valence electrons. The molecule has 0 rings (SSSR count). The van der Waals surface area contributed by atoms with Crippen molar-refractivity contribution in [1.29, 1.82) is 0 Å². The first kappa shape index (κ1) is 12.9. The minimum Gasteiger partial charge on any atom is -0.379 e. The Hall–Kier alpha value is -0.120. The molecule has 0 saturated heterocycles. The van der Waals surface area contributed by atoms with Gasteiger partial charge >= 0.3 is 0 Å². The van der Waals surface area contributed by atoms with Crippen LogP contribution in [0.15, 0.2) is 0 Å². The Morgan fingerprint density at radius 3 is 2.38 bits per heavy atom. The van der Waals surface area contributed by atoms with Gasteiger partial charge in [0.15, 0.2) is 0 Å². The van der Waals surface area contributed by atoms with Gasteiger partial charge in [-0.15, -0.1) is 0 Å². The first-order valence-electron chi connectivity index (χ1n) is 5.03. The average molecular weight is 188 g/mol. The molecule has 0 spiro atoms. The topological polar surface area (TPSA) is 33.3 Å². The molecule has 0 aliphatic heterocycles. The second-order valence-electron chi connectivity index (χ2n) is 3.92. The molecule has 0 aromatic rings. The van der Waals surface area contributed by atoms with Gasteiger partial charge in [-0.1, -0.05) is 0 Å². The van der Waals surface area contributed by atoms with Crippen molar-refractivity contribution in [2.45, 2.75) is 32.3 Å². The maximum atomic E-state index is 5.31. The van der Waals surface area contributed by atoms with Gasteiger partial charge in [-0.3, -0.25) is 0 Å². The lowest BCUT2D eigenvalue weighted by atomic mass is 10.1. The lowest BCUT2D eigenvalue weighted by Gasteiger charge is -2.22. The van der Waals surface area contributed by atoms with Crippen molar-refractivity contribution < 1.29 is 4.74 Å². The van der Waals surface area contributed by atoms with Crippen molar-refractivity contribution in [2.24, 2.45) is 0 Å². The summed E-state index contributed by atoms with van der Waals surface area (Å²) in [5, 5.41) is 6.51. The van der Waals surface area contributed by atoms with Crippen LogP contribution >= 0.6 is 0 Å². The molecule has 2 N–H and O–H groups in total. The molecule has 0 aromatic heterocycles. The third-order valence-electron chi connectivity index (χ3n) is 2.24. The van der Waals surface area contributed by atoms with Gasteiger partial charge in [-0.05, 0) is 53.4 Å². The van der Waals surface area contributed by atoms with E-state index in [9.17, 15) is 0 Å². The lowest BCUT2D eigenvalue weighted by molar-refractivity contribution is 0.0159. The standard InChI is InChI=1S/C10H24N2O/c1-10(2,13-4)6-9-12-8-5-7-11-3/h11-12H,5-9H2,1-4H3. The highest BCUT2D eigenvalue weighted by Gasteiger charge is 2.14. The molecule has 0 saturated carbocycles. The normalized spacial score (nSPS) is 12.0. The van der Waals surface area contributed by atoms with E-state index in [2.05, 4.69) is 24.5 Å². The molecule has 0 radical (unpaired) electrons. The van der Waals surface area contributed by atoms with Gasteiger partial charge in [0, 0.05) is 7.11 Å². The number of hydrogen-bond donors (Lipinski definition) is 2. The number of nitrogens with one attached hydrogen (secondary N) is 2. The molecule has 0 aliphatic rings. The predicted octanol–water partition coefficient (Wildman–Crippen LogP) is 1.00. The van der Waals surface area contributed by atoms with E-state index < -0.39 is 0 Å². The Morgan fingerprint density at radius 1 is 1.15 bits per heavy atom. The number of methoxy groups -OCH3 is 1. The van der Waals surface area contributed by atoms with Gasteiger partial charge < -0.3 is 15.4 Å². The van der Waals surface area contributed by atoms with Crippen LogP contribution in [0.3, 0.4) is 0 Å². The Kier molecular flexibility index (Phi) is 7.23. The molecule has 0 aliphatic carbocycles. The van der Waals surface area contributed by atoms with Crippen molar-refractivity contribution in [2.75, 3.05) is 33.8 Å². The molecule has 0 atom stereocenters. The van der Waals surface area contributed by atoms with Crippen LogP contribution in [0.5, 0.6) is 0 Å². The quantitative estimate of drug-likeness (QED) is 0.558. The summed E-state index contributed by atoms with van der Waals surface area (Å²) >= 11 is 0. The van der Waals surface area contributed by atoms with Gasteiger partial charge in [0.1, 0.15) is 0 Å². The van der Waals surface area contributed by atoms with Gasteiger partial charge in [0.05, 0.1) is 5.60 Å². The molecule has 0 fully saturated rings. The minimum atomic E-state index is 0.00993. The van der Waals surface area contributed by atoms with Crippen LogP contribution in [0.4, 0.5) is 0 Å². The van der Waals surface area contributed by atoms with Crippen LogP contribution < -0.4 is 10.6 Å². The Morgan fingerprint density at radius 2 is 1.85 bits per heavy atom. The number of hydrogen-bond acceptors (Lipinski definition) is 3. The van der Waals surface area contributed by atoms with Crippen LogP contribution in [0, 0.1) is 0 Å². The van der Waals surface area contributed by atoms with Gasteiger partial charge in [0.2, 0.25) is 0 Å². The SMILES string of the molecule is CNCCCNCCC(C)(C)OC. The van der Waals surface area contributed by atoms with Crippen LogP contribution in [0.1, 0.15) is 26.7 Å². The molecule has 0 amide bonds. The van der Waals surface area contributed by atoms with E-state index >= 15 is 0 Å². The van der Waals surface area contributed by atoms with Crippen LogP contribution in [-0.4, -0.2) is 39.4 Å². The van der Waals surface area contributed by atoms with Crippen molar-refractivity contribution in [3.05, 3.63) is 0 Å². The summed E-state index contributed by atoms with van der Waals surface area (Å²) < 4.78 is 5.31. The van der Waals surface area contributed by atoms with Gasteiger partial charge in [-0.2, -0.15) is 0 Å². The zero-order valence-electron chi connectivity index (χ0n) is 9.44. The fourth-order valence-corrected chi connectivity index (χ4v) is 1.01. The van der Waals surface area contributed by atoms with Crippen LogP contribution in [0.25, 0.3) is 0 Å². The number of rotatable bonds is 8. The zero-order chi connectivity index (χ0) is 10.2. The predicted molar refractivity (Wildman–Crippen MR) is 57.1 cm³/mol. The molecule has 3 heteroatoms. The summed E-state index contributed by atoms with van der Waals surface area (Å²) in [7, 11) is 3.75. The van der Waals surface area contributed by atoms with Crippen LogP contribution in [-0.2, 0) is 4.74 Å². The second-order valence-corrected chi connectivity index (χ2v) is 3.92. The van der Waals surface area contributed by atoms with Crippen molar-refractivity contribution in [3.8, 4) is 0 Å². The maximum Gasteiger partial charge on any atom is 0.0634 e. The molecular weight excluding hydrogens is 164 g/mol. The summed E-state index contributed by atoms with van der Waals surface area (Å²) in [5.41, 5.74) is 0.00993. The highest BCUT2D eigenvalue weighted by Crippen LogP contribution is 2.10. The first-order chi connectivity index (χ1) is 6.12. The third kappa shape index (κ3) is 8.22. The summed E-state index contributed by atoms with van der Waals surface area (Å²) in [6, 6.07) is 0. The summed E-state index contributed by atoms with van der Waals surface area (Å²) in [4.78, 5) is 0. The molecule has 0 unspecified atom stereocenters. The van der Waals surface area contributed by atoms with Gasteiger partial charge in [-0.25, -0.2) is 0 Å². The molecule has 0 heterocycles. The van der Waals surface area contributed by atoms with E-state index in [1.165, 1.54) is 6.42 Å².